The van der Waals surface area contributed by atoms with Gasteiger partial charge >= 0.3 is 0 Å². The van der Waals surface area contributed by atoms with Crippen molar-refractivity contribution >= 4 is 17.6 Å². The van der Waals surface area contributed by atoms with Gasteiger partial charge in [0.1, 0.15) is 0 Å². The van der Waals surface area contributed by atoms with Gasteiger partial charge in [-0.15, -0.1) is 10.2 Å². The molecule has 0 unspecified atom stereocenters. The predicted octanol–water partition coefficient (Wildman–Crippen LogP) is 1.61. The van der Waals surface area contributed by atoms with Gasteiger partial charge in [0.05, 0.1) is 0 Å². The Morgan fingerprint density at radius 3 is 3.00 bits per heavy atom. The molecule has 0 aromatic carbocycles. The van der Waals surface area contributed by atoms with Gasteiger partial charge in [0.15, 0.2) is 5.69 Å². The van der Waals surface area contributed by atoms with Crippen LogP contribution in [0.25, 0.3) is 5.78 Å². The van der Waals surface area contributed by atoms with Gasteiger partial charge in [0.25, 0.3) is 11.7 Å². The highest BCUT2D eigenvalue weighted by molar-refractivity contribution is 6.02. The van der Waals surface area contributed by atoms with E-state index in [9.17, 15) is 4.79 Å². The first-order valence-corrected chi connectivity index (χ1v) is 7.07. The van der Waals surface area contributed by atoms with Crippen molar-refractivity contribution in [2.75, 3.05) is 5.32 Å². The van der Waals surface area contributed by atoms with Crippen LogP contribution < -0.4 is 5.32 Å². The summed E-state index contributed by atoms with van der Waals surface area (Å²) in [5.74, 6) is 0.922. The Morgan fingerprint density at radius 1 is 1.41 bits per heavy atom. The van der Waals surface area contributed by atoms with Crippen molar-refractivity contribution < 1.29 is 4.79 Å². The van der Waals surface area contributed by atoms with Crippen LogP contribution in [0.2, 0.25) is 0 Å². The van der Waals surface area contributed by atoms with E-state index in [-0.39, 0.29) is 5.91 Å². The van der Waals surface area contributed by atoms with Gasteiger partial charge < -0.3 is 0 Å². The molecule has 3 rings (SSSR count). The summed E-state index contributed by atoms with van der Waals surface area (Å²) in [6, 6.07) is 3.57. The molecule has 3 aromatic heterocycles. The number of anilines is 1. The van der Waals surface area contributed by atoms with Crippen LogP contribution >= 0.6 is 0 Å². The van der Waals surface area contributed by atoms with E-state index in [1.165, 1.54) is 0 Å². The van der Waals surface area contributed by atoms with Crippen molar-refractivity contribution in [3.05, 3.63) is 35.4 Å². The van der Waals surface area contributed by atoms with E-state index in [0.717, 1.165) is 17.8 Å². The lowest BCUT2D eigenvalue weighted by Gasteiger charge is -2.01. The topological polar surface area (TPSA) is 101 Å². The molecule has 0 spiro atoms. The molecule has 8 heteroatoms. The van der Waals surface area contributed by atoms with Crippen LogP contribution in [0.4, 0.5) is 5.95 Å². The lowest BCUT2D eigenvalue weighted by Crippen LogP contribution is -2.14. The highest BCUT2D eigenvalue weighted by Crippen LogP contribution is 2.10. The quantitative estimate of drug-likeness (QED) is 0.762. The second kappa shape index (κ2) is 5.55. The van der Waals surface area contributed by atoms with Gasteiger partial charge in [-0.2, -0.15) is 5.10 Å². The third-order valence-corrected chi connectivity index (χ3v) is 3.14. The number of carbonyl (C=O) groups excluding carboxylic acids is 1. The molecule has 0 bridgehead atoms. The Balaban J connectivity index is 1.79. The number of H-pyrrole nitrogens is 1. The summed E-state index contributed by atoms with van der Waals surface area (Å²) < 4.78 is 1.62. The molecule has 0 aliphatic rings. The van der Waals surface area contributed by atoms with Crippen LogP contribution in [-0.4, -0.2) is 35.7 Å². The molecule has 0 saturated heterocycles. The van der Waals surface area contributed by atoms with Crippen LogP contribution in [0.15, 0.2) is 18.3 Å². The van der Waals surface area contributed by atoms with Crippen LogP contribution in [0.5, 0.6) is 0 Å². The van der Waals surface area contributed by atoms with E-state index >= 15 is 0 Å². The van der Waals surface area contributed by atoms with Crippen molar-refractivity contribution in [1.29, 1.82) is 0 Å². The van der Waals surface area contributed by atoms with Gasteiger partial charge in [-0.05, 0) is 31.4 Å². The first-order valence-electron chi connectivity index (χ1n) is 7.07. The molecule has 0 radical (unpaired) electrons. The Morgan fingerprint density at radius 2 is 2.23 bits per heavy atom. The number of hydrogen-bond acceptors (Lipinski definition) is 5. The third-order valence-electron chi connectivity index (χ3n) is 3.14. The van der Waals surface area contributed by atoms with Gasteiger partial charge in [-0.1, -0.05) is 13.8 Å². The summed E-state index contributed by atoms with van der Waals surface area (Å²) in [5.41, 5.74) is 2.10. The van der Waals surface area contributed by atoms with Crippen molar-refractivity contribution in [3.63, 3.8) is 0 Å². The van der Waals surface area contributed by atoms with Crippen LogP contribution in [0.3, 0.4) is 0 Å². The first kappa shape index (κ1) is 14.2. The largest absolute Gasteiger partial charge is 0.289 e. The highest BCUT2D eigenvalue weighted by Gasteiger charge is 2.15. The van der Waals surface area contributed by atoms with Gasteiger partial charge in [0.2, 0.25) is 5.95 Å². The maximum Gasteiger partial charge on any atom is 0.278 e. The van der Waals surface area contributed by atoms with E-state index in [4.69, 9.17) is 0 Å². The highest BCUT2D eigenvalue weighted by atomic mass is 16.2. The van der Waals surface area contributed by atoms with E-state index in [2.05, 4.69) is 44.5 Å². The third kappa shape index (κ3) is 2.80. The van der Waals surface area contributed by atoms with Crippen molar-refractivity contribution in [1.82, 2.24) is 29.8 Å². The molecular formula is C14H17N7O. The Kier molecular flexibility index (Phi) is 3.58. The van der Waals surface area contributed by atoms with Gasteiger partial charge in [-0.3, -0.25) is 19.6 Å². The Bertz CT molecular complexity index is 818. The molecule has 0 fully saturated rings. The minimum absolute atomic E-state index is 0.320. The zero-order chi connectivity index (χ0) is 15.7. The number of nitrogens with zero attached hydrogens (tertiary/aromatic N) is 5. The van der Waals surface area contributed by atoms with E-state index in [1.807, 2.05) is 13.0 Å². The van der Waals surface area contributed by atoms with Gasteiger partial charge in [-0.25, -0.2) is 4.98 Å². The van der Waals surface area contributed by atoms with E-state index in [0.29, 0.717) is 23.3 Å². The number of hydrogen-bond donors (Lipinski definition) is 2. The number of amides is 1. The minimum atomic E-state index is -0.332. The molecule has 0 atom stereocenters. The molecule has 1 amide bonds. The summed E-state index contributed by atoms with van der Waals surface area (Å²) in [7, 11) is 0. The van der Waals surface area contributed by atoms with Crippen LogP contribution in [0.1, 0.15) is 35.7 Å². The monoisotopic (exact) mass is 299 g/mol. The molecule has 2 N–H and O–H groups in total. The normalized spacial score (nSPS) is 11.3. The lowest BCUT2D eigenvalue weighted by molar-refractivity contribution is 0.102. The summed E-state index contributed by atoms with van der Waals surface area (Å²) in [6.45, 7) is 6.09. The Hall–Kier alpha value is -2.77. The summed E-state index contributed by atoms with van der Waals surface area (Å²) >= 11 is 0. The average molecular weight is 299 g/mol. The standard InChI is InChI=1S/C14H17N7O/c1-8(2)6-10-7-11(18-17-10)12(22)16-14-20-19-13-15-9(3)4-5-21(13)14/h4-5,7-8H,6H2,1-3H3,(H,17,18)(H,16,20,22). The number of carbonyl (C=O) groups is 1. The van der Waals surface area contributed by atoms with E-state index < -0.39 is 0 Å². The second-order valence-corrected chi connectivity index (χ2v) is 5.59. The molecule has 22 heavy (non-hydrogen) atoms. The smallest absolute Gasteiger partial charge is 0.278 e. The summed E-state index contributed by atoms with van der Waals surface area (Å²) in [5, 5.41) is 17.5. The molecule has 8 nitrogen and oxygen atoms in total. The van der Waals surface area contributed by atoms with Crippen molar-refractivity contribution in [3.8, 4) is 0 Å². The fraction of sp³-hybridized carbons (Fsp3) is 0.357. The molecular weight excluding hydrogens is 282 g/mol. The van der Waals surface area contributed by atoms with Crippen molar-refractivity contribution in [2.45, 2.75) is 27.2 Å². The first-order chi connectivity index (χ1) is 10.5. The van der Waals surface area contributed by atoms with Gasteiger partial charge in [0, 0.05) is 17.6 Å². The number of aromatic amines is 1. The predicted molar refractivity (Wildman–Crippen MR) is 80.6 cm³/mol. The zero-order valence-electron chi connectivity index (χ0n) is 12.7. The Labute approximate surface area is 127 Å². The molecule has 0 saturated carbocycles. The van der Waals surface area contributed by atoms with Crippen LogP contribution in [-0.2, 0) is 6.42 Å². The number of nitrogens with one attached hydrogen (secondary N) is 2. The average Bonchev–Trinajstić information content (AvgIpc) is 3.05. The fourth-order valence-electron chi connectivity index (χ4n) is 2.15. The maximum atomic E-state index is 12.2. The van der Waals surface area contributed by atoms with Crippen molar-refractivity contribution in [2.24, 2.45) is 5.92 Å². The minimum Gasteiger partial charge on any atom is -0.289 e. The lowest BCUT2D eigenvalue weighted by atomic mass is 10.1. The summed E-state index contributed by atoms with van der Waals surface area (Å²) in [6.07, 6.45) is 2.61. The SMILES string of the molecule is Cc1ccn2c(NC(=O)c3cc(CC(C)C)[nH]n3)nnc2n1. The molecule has 0 aliphatic carbocycles. The maximum absolute atomic E-state index is 12.2. The van der Waals surface area contributed by atoms with E-state index in [1.54, 1.807) is 16.7 Å². The summed E-state index contributed by atoms with van der Waals surface area (Å²) in [4.78, 5) is 16.5. The molecule has 114 valence electrons. The number of rotatable bonds is 4. The fourth-order valence-corrected chi connectivity index (χ4v) is 2.15. The molecule has 0 aliphatic heterocycles. The van der Waals surface area contributed by atoms with Crippen LogP contribution in [0, 0.1) is 12.8 Å². The zero-order valence-corrected chi connectivity index (χ0v) is 12.7. The number of aromatic nitrogens is 6. The molecule has 3 heterocycles. The number of fused-ring (bicyclic) bond motifs is 1. The second-order valence-electron chi connectivity index (χ2n) is 5.59. The number of aryl methyl sites for hydroxylation is 1. The molecule has 3 aromatic rings.